The molecule has 22 heavy (non-hydrogen) atoms. The van der Waals surface area contributed by atoms with Gasteiger partial charge in [0.1, 0.15) is 0 Å². The number of hydrogen-bond donors (Lipinski definition) is 2. The van der Waals surface area contributed by atoms with Crippen LogP contribution in [0.15, 0.2) is 30.5 Å². The number of benzene rings is 1. The van der Waals surface area contributed by atoms with E-state index in [2.05, 4.69) is 10.2 Å². The summed E-state index contributed by atoms with van der Waals surface area (Å²) in [5.41, 5.74) is 8.02. The number of aromatic amines is 1. The Hall–Kier alpha value is -1.56. The molecule has 1 aromatic heterocycles. The number of piperidine rings is 1. The van der Waals surface area contributed by atoms with Crippen LogP contribution in [0.1, 0.15) is 23.2 Å². The van der Waals surface area contributed by atoms with Crippen molar-refractivity contribution in [2.24, 2.45) is 5.73 Å². The van der Waals surface area contributed by atoms with Crippen molar-refractivity contribution in [2.75, 3.05) is 13.1 Å². The zero-order valence-electron chi connectivity index (χ0n) is 12.0. The lowest BCUT2D eigenvalue weighted by molar-refractivity contribution is 0.0715. The summed E-state index contributed by atoms with van der Waals surface area (Å²) in [4.78, 5) is 14.5. The van der Waals surface area contributed by atoms with Crippen LogP contribution >= 0.6 is 24.0 Å². The van der Waals surface area contributed by atoms with Gasteiger partial charge in [-0.2, -0.15) is 5.10 Å². The smallest absolute Gasteiger partial charge is 0.257 e. The van der Waals surface area contributed by atoms with E-state index in [1.807, 2.05) is 23.1 Å². The lowest BCUT2D eigenvalue weighted by Gasteiger charge is -2.30. The highest BCUT2D eigenvalue weighted by atomic mass is 35.5. The van der Waals surface area contributed by atoms with Gasteiger partial charge in [-0.25, -0.2) is 0 Å². The lowest BCUT2D eigenvalue weighted by Crippen LogP contribution is -2.42. The van der Waals surface area contributed by atoms with Crippen LogP contribution in [-0.2, 0) is 0 Å². The number of nitrogens with one attached hydrogen (secondary N) is 1. The minimum absolute atomic E-state index is 0. The maximum absolute atomic E-state index is 12.6. The zero-order valence-corrected chi connectivity index (χ0v) is 13.5. The van der Waals surface area contributed by atoms with E-state index in [4.69, 9.17) is 17.3 Å². The molecule has 0 aliphatic carbocycles. The van der Waals surface area contributed by atoms with E-state index in [-0.39, 0.29) is 24.4 Å². The third-order valence-corrected chi connectivity index (χ3v) is 4.04. The summed E-state index contributed by atoms with van der Waals surface area (Å²) in [6.07, 6.45) is 3.26. The Morgan fingerprint density at radius 1 is 1.36 bits per heavy atom. The number of H-pyrrole nitrogens is 1. The number of rotatable bonds is 2. The number of carbonyl (C=O) groups is 1. The molecule has 1 amide bonds. The molecule has 2 aromatic rings. The van der Waals surface area contributed by atoms with Crippen molar-refractivity contribution >= 4 is 29.9 Å². The minimum Gasteiger partial charge on any atom is -0.338 e. The van der Waals surface area contributed by atoms with E-state index >= 15 is 0 Å². The Morgan fingerprint density at radius 2 is 2.09 bits per heavy atom. The normalized spacial score (nSPS) is 15.5. The first-order chi connectivity index (χ1) is 10.1. The molecule has 118 valence electrons. The van der Waals surface area contributed by atoms with Crippen LogP contribution in [-0.4, -0.2) is 40.1 Å². The van der Waals surface area contributed by atoms with Crippen LogP contribution < -0.4 is 5.73 Å². The zero-order chi connectivity index (χ0) is 14.8. The Bertz CT molecular complexity index is 650. The van der Waals surface area contributed by atoms with Crippen molar-refractivity contribution in [3.8, 4) is 11.3 Å². The number of halogens is 2. The summed E-state index contributed by atoms with van der Waals surface area (Å²) in [5, 5.41) is 7.55. The van der Waals surface area contributed by atoms with Gasteiger partial charge in [-0.05, 0) is 25.0 Å². The molecule has 1 saturated heterocycles. The van der Waals surface area contributed by atoms with Crippen molar-refractivity contribution in [1.82, 2.24) is 15.1 Å². The summed E-state index contributed by atoms with van der Waals surface area (Å²) >= 11 is 6.01. The summed E-state index contributed by atoms with van der Waals surface area (Å²) in [7, 11) is 0. The number of likely N-dealkylation sites (tertiary alicyclic amines) is 1. The van der Waals surface area contributed by atoms with Gasteiger partial charge >= 0.3 is 0 Å². The summed E-state index contributed by atoms with van der Waals surface area (Å²) < 4.78 is 0. The second kappa shape index (κ2) is 7.13. The molecule has 0 saturated carbocycles. The topological polar surface area (TPSA) is 75.0 Å². The highest BCUT2D eigenvalue weighted by Gasteiger charge is 2.24. The fraction of sp³-hybridized carbons (Fsp3) is 0.333. The van der Waals surface area contributed by atoms with Crippen LogP contribution in [0.2, 0.25) is 5.02 Å². The molecule has 0 spiro atoms. The Balaban J connectivity index is 0.00000176. The molecule has 1 aliphatic rings. The number of hydrogen-bond acceptors (Lipinski definition) is 3. The standard InChI is InChI=1S/C15H17ClN4O.ClH/c16-11-3-1-2-10(8-11)14-13(9-18-19-14)15(21)20-6-4-12(17)5-7-20;/h1-3,8-9,12H,4-7,17H2,(H,18,19);1H. The number of amides is 1. The van der Waals surface area contributed by atoms with E-state index < -0.39 is 0 Å². The number of aromatic nitrogens is 2. The molecule has 3 N–H and O–H groups in total. The van der Waals surface area contributed by atoms with Crippen molar-refractivity contribution in [3.63, 3.8) is 0 Å². The highest BCUT2D eigenvalue weighted by Crippen LogP contribution is 2.25. The molecular weight excluding hydrogens is 323 g/mol. The van der Waals surface area contributed by atoms with Crippen LogP contribution in [0.25, 0.3) is 11.3 Å². The first-order valence-corrected chi connectivity index (χ1v) is 7.37. The Morgan fingerprint density at radius 3 is 2.77 bits per heavy atom. The maximum atomic E-state index is 12.6. The van der Waals surface area contributed by atoms with Gasteiger partial charge in [-0.15, -0.1) is 12.4 Å². The predicted molar refractivity (Wildman–Crippen MR) is 89.4 cm³/mol. The van der Waals surface area contributed by atoms with Gasteiger partial charge in [0.15, 0.2) is 0 Å². The quantitative estimate of drug-likeness (QED) is 0.882. The molecule has 2 heterocycles. The fourth-order valence-corrected chi connectivity index (χ4v) is 2.78. The van der Waals surface area contributed by atoms with Gasteiger partial charge in [0.25, 0.3) is 5.91 Å². The largest absolute Gasteiger partial charge is 0.338 e. The van der Waals surface area contributed by atoms with Crippen LogP contribution in [0.4, 0.5) is 0 Å². The molecule has 0 radical (unpaired) electrons. The second-order valence-corrected chi connectivity index (χ2v) is 5.74. The summed E-state index contributed by atoms with van der Waals surface area (Å²) in [6, 6.07) is 7.58. The maximum Gasteiger partial charge on any atom is 0.257 e. The Labute approximate surface area is 140 Å². The number of carbonyl (C=O) groups excluding carboxylic acids is 1. The number of nitrogens with two attached hydrogens (primary N) is 1. The molecule has 0 unspecified atom stereocenters. The first kappa shape index (κ1) is 16.8. The molecule has 3 rings (SSSR count). The molecule has 1 aromatic carbocycles. The van der Waals surface area contributed by atoms with E-state index in [9.17, 15) is 4.79 Å². The predicted octanol–water partition coefficient (Wildman–Crippen LogP) is 2.72. The summed E-state index contributed by atoms with van der Waals surface area (Å²) in [5.74, 6) is -0.00868. The van der Waals surface area contributed by atoms with E-state index in [0.717, 1.165) is 18.4 Å². The van der Waals surface area contributed by atoms with Crippen molar-refractivity contribution in [2.45, 2.75) is 18.9 Å². The van der Waals surface area contributed by atoms with Gasteiger partial charge in [0, 0.05) is 29.7 Å². The Kier molecular flexibility index (Phi) is 5.45. The van der Waals surface area contributed by atoms with Crippen LogP contribution in [0, 0.1) is 0 Å². The molecule has 1 fully saturated rings. The van der Waals surface area contributed by atoms with Gasteiger partial charge < -0.3 is 10.6 Å². The lowest BCUT2D eigenvalue weighted by atomic mass is 10.0. The first-order valence-electron chi connectivity index (χ1n) is 6.99. The van der Waals surface area contributed by atoms with Gasteiger partial charge in [0.05, 0.1) is 17.5 Å². The number of nitrogens with zero attached hydrogens (tertiary/aromatic N) is 2. The van der Waals surface area contributed by atoms with Crippen LogP contribution in [0.5, 0.6) is 0 Å². The van der Waals surface area contributed by atoms with Crippen molar-refractivity contribution < 1.29 is 4.79 Å². The summed E-state index contributed by atoms with van der Waals surface area (Å²) in [6.45, 7) is 1.39. The minimum atomic E-state index is -0.00868. The van der Waals surface area contributed by atoms with Gasteiger partial charge in [-0.3, -0.25) is 9.89 Å². The second-order valence-electron chi connectivity index (χ2n) is 5.30. The highest BCUT2D eigenvalue weighted by molar-refractivity contribution is 6.30. The molecule has 0 atom stereocenters. The van der Waals surface area contributed by atoms with Gasteiger partial charge in [0.2, 0.25) is 0 Å². The van der Waals surface area contributed by atoms with Crippen molar-refractivity contribution in [1.29, 1.82) is 0 Å². The molecule has 1 aliphatic heterocycles. The average molecular weight is 341 g/mol. The monoisotopic (exact) mass is 340 g/mol. The van der Waals surface area contributed by atoms with E-state index in [1.54, 1.807) is 12.3 Å². The van der Waals surface area contributed by atoms with Gasteiger partial charge in [-0.1, -0.05) is 23.7 Å². The molecule has 0 bridgehead atoms. The fourth-order valence-electron chi connectivity index (χ4n) is 2.59. The molecular formula is C15H18Cl2N4O. The molecule has 5 nitrogen and oxygen atoms in total. The third kappa shape index (κ3) is 3.43. The van der Waals surface area contributed by atoms with E-state index in [0.29, 0.717) is 29.4 Å². The SMILES string of the molecule is Cl.NC1CCN(C(=O)c2cn[nH]c2-c2cccc(Cl)c2)CC1. The average Bonchev–Trinajstić information content (AvgIpc) is 2.97. The molecule has 7 heteroatoms. The van der Waals surface area contributed by atoms with Crippen LogP contribution in [0.3, 0.4) is 0 Å². The third-order valence-electron chi connectivity index (χ3n) is 3.81. The van der Waals surface area contributed by atoms with Crippen molar-refractivity contribution in [3.05, 3.63) is 41.0 Å². The van der Waals surface area contributed by atoms with E-state index in [1.165, 1.54) is 0 Å².